The summed E-state index contributed by atoms with van der Waals surface area (Å²) in [6.07, 6.45) is 2.58. The maximum absolute atomic E-state index is 12.7. The second-order valence-corrected chi connectivity index (χ2v) is 9.69. The molecule has 1 aliphatic heterocycles. The molecule has 25 heavy (non-hydrogen) atoms. The van der Waals surface area contributed by atoms with Gasteiger partial charge in [-0.1, -0.05) is 47.1 Å². The van der Waals surface area contributed by atoms with Gasteiger partial charge in [0, 0.05) is 18.7 Å². The van der Waals surface area contributed by atoms with Crippen LogP contribution in [-0.4, -0.2) is 40.8 Å². The Hall–Kier alpha value is -1.74. The van der Waals surface area contributed by atoms with Gasteiger partial charge in [-0.15, -0.1) is 16.4 Å². The predicted octanol–water partition coefficient (Wildman–Crippen LogP) is 3.30. The van der Waals surface area contributed by atoms with E-state index in [0.717, 1.165) is 22.6 Å². The summed E-state index contributed by atoms with van der Waals surface area (Å²) in [5, 5.41) is 8.40. The number of nitrogens with zero attached hydrogens (tertiary/aromatic N) is 4. The van der Waals surface area contributed by atoms with Crippen LogP contribution in [0.1, 0.15) is 12.5 Å². The predicted molar refractivity (Wildman–Crippen MR) is 97.2 cm³/mol. The van der Waals surface area contributed by atoms with E-state index in [0.29, 0.717) is 23.8 Å². The third-order valence-corrected chi connectivity index (χ3v) is 7.79. The largest absolute Gasteiger partial charge is 0.252 e. The molecular weight excluding hydrogens is 380 g/mol. The first-order chi connectivity index (χ1) is 12.0. The van der Waals surface area contributed by atoms with Crippen molar-refractivity contribution in [2.24, 2.45) is 0 Å². The fourth-order valence-corrected chi connectivity index (χ4v) is 6.03. The van der Waals surface area contributed by atoms with E-state index in [-0.39, 0.29) is 10.3 Å². The lowest BCUT2D eigenvalue weighted by molar-refractivity contribution is 0.429. The summed E-state index contributed by atoms with van der Waals surface area (Å²) in [6.45, 7) is 0.846. The van der Waals surface area contributed by atoms with Crippen molar-refractivity contribution in [3.05, 3.63) is 53.0 Å². The van der Waals surface area contributed by atoms with Crippen LogP contribution in [0.2, 0.25) is 4.34 Å². The molecule has 1 aromatic carbocycles. The molecule has 0 spiro atoms. The van der Waals surface area contributed by atoms with Gasteiger partial charge in [-0.3, -0.25) is 0 Å². The highest BCUT2D eigenvalue weighted by molar-refractivity contribution is 7.91. The number of hydrogen-bond donors (Lipinski definition) is 0. The fourth-order valence-electron chi connectivity index (χ4n) is 2.90. The van der Waals surface area contributed by atoms with Gasteiger partial charge < -0.3 is 0 Å². The van der Waals surface area contributed by atoms with E-state index < -0.39 is 10.0 Å². The molecule has 2 aromatic heterocycles. The molecule has 3 heterocycles. The summed E-state index contributed by atoms with van der Waals surface area (Å²) in [6, 6.07) is 12.9. The molecule has 1 atom stereocenters. The van der Waals surface area contributed by atoms with Gasteiger partial charge >= 0.3 is 0 Å². The highest BCUT2D eigenvalue weighted by atomic mass is 35.5. The fraction of sp³-hybridized carbons (Fsp3) is 0.250. The number of aromatic nitrogens is 3. The second kappa shape index (κ2) is 6.53. The number of sulfonamides is 1. The summed E-state index contributed by atoms with van der Waals surface area (Å²) >= 11 is 6.95. The van der Waals surface area contributed by atoms with Crippen LogP contribution in [0.25, 0.3) is 11.3 Å². The number of thiophene rings is 1. The van der Waals surface area contributed by atoms with Crippen molar-refractivity contribution in [3.8, 4) is 11.3 Å². The Balaban J connectivity index is 1.52. The van der Waals surface area contributed by atoms with E-state index in [2.05, 4.69) is 10.3 Å². The third kappa shape index (κ3) is 3.22. The molecule has 4 rings (SSSR count). The maximum atomic E-state index is 12.7. The van der Waals surface area contributed by atoms with Gasteiger partial charge in [0.05, 0.1) is 16.6 Å². The Morgan fingerprint density at radius 2 is 1.96 bits per heavy atom. The number of rotatable bonds is 4. The van der Waals surface area contributed by atoms with Crippen molar-refractivity contribution < 1.29 is 8.42 Å². The lowest BCUT2D eigenvalue weighted by Crippen LogP contribution is -2.28. The zero-order valence-electron chi connectivity index (χ0n) is 13.1. The quantitative estimate of drug-likeness (QED) is 0.680. The Labute approximate surface area is 154 Å². The average Bonchev–Trinajstić information content (AvgIpc) is 3.35. The van der Waals surface area contributed by atoms with Crippen molar-refractivity contribution in [1.82, 2.24) is 19.3 Å². The SMILES string of the molecule is O=S(=O)(c1ccc(Cl)s1)N1CCC(n2cc(-c3ccccc3)nn2)C1. The summed E-state index contributed by atoms with van der Waals surface area (Å²) in [7, 11) is -3.50. The van der Waals surface area contributed by atoms with E-state index in [1.165, 1.54) is 4.31 Å². The van der Waals surface area contributed by atoms with Crippen LogP contribution in [0.3, 0.4) is 0 Å². The normalized spacial score (nSPS) is 18.7. The van der Waals surface area contributed by atoms with Crippen molar-refractivity contribution in [2.75, 3.05) is 13.1 Å². The topological polar surface area (TPSA) is 68.1 Å². The van der Waals surface area contributed by atoms with E-state index in [1.54, 1.807) is 16.8 Å². The zero-order valence-corrected chi connectivity index (χ0v) is 15.5. The van der Waals surface area contributed by atoms with Crippen molar-refractivity contribution in [1.29, 1.82) is 0 Å². The lowest BCUT2D eigenvalue weighted by Gasteiger charge is -2.15. The Bertz CT molecular complexity index is 985. The standard InChI is InChI=1S/C16H15ClN4O2S2/c17-15-6-7-16(24-15)25(22,23)20-9-8-13(10-20)21-11-14(18-19-21)12-4-2-1-3-5-12/h1-7,11,13H,8-10H2. The molecule has 1 fully saturated rings. The molecule has 9 heteroatoms. The van der Waals surface area contributed by atoms with Gasteiger partial charge in [0.25, 0.3) is 10.0 Å². The minimum Gasteiger partial charge on any atom is -0.247 e. The minimum atomic E-state index is -3.50. The number of hydrogen-bond acceptors (Lipinski definition) is 5. The van der Waals surface area contributed by atoms with Crippen LogP contribution in [0.15, 0.2) is 52.9 Å². The van der Waals surface area contributed by atoms with Crippen LogP contribution in [0.5, 0.6) is 0 Å². The molecule has 0 N–H and O–H groups in total. The van der Waals surface area contributed by atoms with Crippen LogP contribution < -0.4 is 0 Å². The summed E-state index contributed by atoms with van der Waals surface area (Å²) in [4.78, 5) is 0. The summed E-state index contributed by atoms with van der Waals surface area (Å²) < 4.78 is 29.4. The zero-order chi connectivity index (χ0) is 17.4. The van der Waals surface area contributed by atoms with E-state index >= 15 is 0 Å². The van der Waals surface area contributed by atoms with Crippen LogP contribution in [0, 0.1) is 0 Å². The molecule has 0 bridgehead atoms. The molecule has 1 saturated heterocycles. The first kappa shape index (κ1) is 16.7. The van der Waals surface area contributed by atoms with E-state index in [1.807, 2.05) is 36.5 Å². The van der Waals surface area contributed by atoms with E-state index in [4.69, 9.17) is 11.6 Å². The van der Waals surface area contributed by atoms with Crippen LogP contribution in [-0.2, 0) is 10.0 Å². The molecule has 0 radical (unpaired) electrons. The van der Waals surface area contributed by atoms with Gasteiger partial charge in [-0.05, 0) is 18.6 Å². The summed E-state index contributed by atoms with van der Waals surface area (Å²) in [5.74, 6) is 0. The molecule has 0 saturated carbocycles. The molecule has 0 aliphatic carbocycles. The molecule has 3 aromatic rings. The Kier molecular flexibility index (Phi) is 4.36. The summed E-state index contributed by atoms with van der Waals surface area (Å²) in [5.41, 5.74) is 1.77. The van der Waals surface area contributed by atoms with Gasteiger partial charge in [-0.2, -0.15) is 4.31 Å². The van der Waals surface area contributed by atoms with Crippen LogP contribution >= 0.6 is 22.9 Å². The van der Waals surface area contributed by atoms with Gasteiger partial charge in [0.2, 0.25) is 0 Å². The highest BCUT2D eigenvalue weighted by Gasteiger charge is 2.34. The second-order valence-electron chi connectivity index (χ2n) is 5.81. The molecule has 1 aliphatic rings. The molecule has 130 valence electrons. The molecule has 0 amide bonds. The molecular formula is C16H15ClN4O2S2. The first-order valence-electron chi connectivity index (χ1n) is 7.77. The maximum Gasteiger partial charge on any atom is 0.252 e. The highest BCUT2D eigenvalue weighted by Crippen LogP contribution is 2.32. The monoisotopic (exact) mass is 394 g/mol. The minimum absolute atomic E-state index is 0.0184. The van der Waals surface area contributed by atoms with Gasteiger partial charge in [-0.25, -0.2) is 13.1 Å². The van der Waals surface area contributed by atoms with Crippen molar-refractivity contribution in [2.45, 2.75) is 16.7 Å². The average molecular weight is 395 g/mol. The van der Waals surface area contributed by atoms with Gasteiger partial charge in [0.15, 0.2) is 0 Å². The third-order valence-electron chi connectivity index (χ3n) is 4.22. The van der Waals surface area contributed by atoms with Crippen LogP contribution in [0.4, 0.5) is 0 Å². The molecule has 6 nitrogen and oxygen atoms in total. The molecule has 1 unspecified atom stereocenters. The lowest BCUT2D eigenvalue weighted by atomic mass is 10.2. The number of halogens is 1. The van der Waals surface area contributed by atoms with Gasteiger partial charge in [0.1, 0.15) is 9.90 Å². The van der Waals surface area contributed by atoms with Crippen molar-refractivity contribution >= 4 is 33.0 Å². The first-order valence-corrected chi connectivity index (χ1v) is 10.4. The number of benzene rings is 1. The Morgan fingerprint density at radius 3 is 2.68 bits per heavy atom. The Morgan fingerprint density at radius 1 is 1.16 bits per heavy atom. The smallest absolute Gasteiger partial charge is 0.247 e. The van der Waals surface area contributed by atoms with Crippen molar-refractivity contribution in [3.63, 3.8) is 0 Å². The van der Waals surface area contributed by atoms with E-state index in [9.17, 15) is 8.42 Å².